The van der Waals surface area contributed by atoms with Crippen molar-refractivity contribution in [2.45, 2.75) is 18.9 Å². The standard InChI is InChI=1S/C21H23F2N7O3/c1-30(9-19(22)23)8-14(11-32)28-16-3-12(5-25-17(16)4-24)18-6-27-20(7-26-18)29-21(33)15-2-13(15)10-31/h3,5-7,11,13-15,19,28,31H,2,8-10H2,1H3,(H,27,29,33)/t13?,14-,15?/m0/s1. The van der Waals surface area contributed by atoms with Crippen molar-refractivity contribution in [2.75, 3.05) is 37.4 Å². The molecule has 33 heavy (non-hydrogen) atoms. The number of aliphatic hydroxyl groups excluding tert-OH is 1. The van der Waals surface area contributed by atoms with Gasteiger partial charge in [-0.2, -0.15) is 5.26 Å². The highest BCUT2D eigenvalue weighted by Gasteiger charge is 2.42. The van der Waals surface area contributed by atoms with Crippen LogP contribution in [0.1, 0.15) is 12.1 Å². The summed E-state index contributed by atoms with van der Waals surface area (Å²) in [5, 5.41) is 23.9. The number of anilines is 2. The molecule has 1 aliphatic rings. The lowest BCUT2D eigenvalue weighted by Gasteiger charge is -2.22. The van der Waals surface area contributed by atoms with Crippen LogP contribution in [0.15, 0.2) is 24.7 Å². The number of carbonyl (C=O) groups is 2. The van der Waals surface area contributed by atoms with Gasteiger partial charge in [0.15, 0.2) is 11.5 Å². The summed E-state index contributed by atoms with van der Waals surface area (Å²) in [7, 11) is 1.47. The molecule has 0 saturated heterocycles. The minimum atomic E-state index is -2.53. The molecule has 1 aliphatic carbocycles. The Bertz CT molecular complexity index is 1030. The molecule has 0 aliphatic heterocycles. The third kappa shape index (κ3) is 6.47. The summed E-state index contributed by atoms with van der Waals surface area (Å²) in [6.07, 6.45) is 2.90. The molecule has 2 unspecified atom stereocenters. The number of halogens is 2. The second-order valence-electron chi connectivity index (χ2n) is 7.79. The van der Waals surface area contributed by atoms with E-state index >= 15 is 0 Å². The van der Waals surface area contributed by atoms with Crippen molar-refractivity contribution >= 4 is 23.7 Å². The van der Waals surface area contributed by atoms with Crippen molar-refractivity contribution in [3.05, 3.63) is 30.4 Å². The van der Waals surface area contributed by atoms with Crippen molar-refractivity contribution in [1.82, 2.24) is 19.9 Å². The van der Waals surface area contributed by atoms with Gasteiger partial charge in [0.05, 0.1) is 36.4 Å². The highest BCUT2D eigenvalue weighted by Crippen LogP contribution is 2.38. The molecule has 10 nitrogen and oxygen atoms in total. The lowest BCUT2D eigenvalue weighted by molar-refractivity contribution is -0.117. The third-order valence-electron chi connectivity index (χ3n) is 5.15. The maximum Gasteiger partial charge on any atom is 0.251 e. The Morgan fingerprint density at radius 1 is 1.33 bits per heavy atom. The molecule has 1 saturated carbocycles. The molecule has 0 bridgehead atoms. The zero-order chi connectivity index (χ0) is 24.0. The summed E-state index contributed by atoms with van der Waals surface area (Å²) in [6, 6.07) is 2.64. The average molecular weight is 459 g/mol. The molecule has 3 atom stereocenters. The monoisotopic (exact) mass is 459 g/mol. The van der Waals surface area contributed by atoms with Crippen LogP contribution in [-0.4, -0.2) is 76.4 Å². The summed E-state index contributed by atoms with van der Waals surface area (Å²) >= 11 is 0. The highest BCUT2D eigenvalue weighted by atomic mass is 19.3. The lowest BCUT2D eigenvalue weighted by atomic mass is 10.1. The molecule has 2 aromatic heterocycles. The largest absolute Gasteiger partial charge is 0.396 e. The molecule has 12 heteroatoms. The predicted octanol–water partition coefficient (Wildman–Crippen LogP) is 1.15. The van der Waals surface area contributed by atoms with Crippen LogP contribution in [-0.2, 0) is 9.59 Å². The van der Waals surface area contributed by atoms with E-state index in [0.717, 1.165) is 0 Å². The molecule has 3 N–H and O–H groups in total. The van der Waals surface area contributed by atoms with E-state index in [2.05, 4.69) is 25.6 Å². The first kappa shape index (κ1) is 24.1. The van der Waals surface area contributed by atoms with Gasteiger partial charge in [0, 0.05) is 30.8 Å². The fourth-order valence-corrected chi connectivity index (χ4v) is 3.30. The SMILES string of the molecule is CN(CC(F)F)C[C@@H](C=O)Nc1cc(-c2cnc(NC(=O)C3CC3CO)cn2)cnc1C#N. The van der Waals surface area contributed by atoms with E-state index in [1.165, 1.54) is 30.5 Å². The summed E-state index contributed by atoms with van der Waals surface area (Å²) < 4.78 is 25.1. The number of aliphatic hydroxyl groups is 1. The first-order valence-electron chi connectivity index (χ1n) is 10.2. The van der Waals surface area contributed by atoms with E-state index in [0.29, 0.717) is 24.0 Å². The first-order chi connectivity index (χ1) is 15.8. The Balaban J connectivity index is 1.71. The fraction of sp³-hybridized carbons (Fsp3) is 0.429. The Labute approximate surface area is 188 Å². The molecule has 0 spiro atoms. The summed E-state index contributed by atoms with van der Waals surface area (Å²) in [4.78, 5) is 37.3. The number of aldehydes is 1. The molecular weight excluding hydrogens is 436 g/mol. The van der Waals surface area contributed by atoms with Gasteiger partial charge in [0.2, 0.25) is 5.91 Å². The quantitative estimate of drug-likeness (QED) is 0.422. The van der Waals surface area contributed by atoms with Gasteiger partial charge in [-0.15, -0.1) is 0 Å². The minimum Gasteiger partial charge on any atom is -0.396 e. The molecule has 0 aromatic carbocycles. The fourth-order valence-electron chi connectivity index (χ4n) is 3.30. The van der Waals surface area contributed by atoms with Gasteiger partial charge < -0.3 is 20.5 Å². The molecule has 3 rings (SSSR count). The Hall–Kier alpha value is -3.56. The number of pyridine rings is 1. The Morgan fingerprint density at radius 2 is 2.12 bits per heavy atom. The van der Waals surface area contributed by atoms with Crippen LogP contribution < -0.4 is 10.6 Å². The smallest absolute Gasteiger partial charge is 0.251 e. The third-order valence-corrected chi connectivity index (χ3v) is 5.15. The van der Waals surface area contributed by atoms with Crippen molar-refractivity contribution < 1.29 is 23.5 Å². The molecule has 2 aromatic rings. The zero-order valence-electron chi connectivity index (χ0n) is 17.8. The predicted molar refractivity (Wildman–Crippen MR) is 114 cm³/mol. The second-order valence-corrected chi connectivity index (χ2v) is 7.79. The molecule has 1 amide bonds. The number of likely N-dealkylation sites (N-methyl/N-ethyl adjacent to an activating group) is 1. The van der Waals surface area contributed by atoms with Crippen molar-refractivity contribution in [3.8, 4) is 17.3 Å². The number of rotatable bonds is 11. The van der Waals surface area contributed by atoms with E-state index in [1.807, 2.05) is 6.07 Å². The number of nitrogens with one attached hydrogen (secondary N) is 2. The molecule has 2 heterocycles. The number of alkyl halides is 2. The molecule has 1 fully saturated rings. The minimum absolute atomic E-state index is 0.00920. The number of aromatic nitrogens is 3. The second kappa shape index (κ2) is 10.8. The van der Waals surface area contributed by atoms with E-state index in [-0.39, 0.29) is 48.1 Å². The maximum absolute atomic E-state index is 12.6. The molecular formula is C21H23F2N7O3. The van der Waals surface area contributed by atoms with Crippen LogP contribution in [0.3, 0.4) is 0 Å². The summed E-state index contributed by atoms with van der Waals surface area (Å²) in [5.74, 6) is -0.203. The van der Waals surface area contributed by atoms with Crippen LogP contribution in [0.5, 0.6) is 0 Å². The van der Waals surface area contributed by atoms with E-state index < -0.39 is 19.0 Å². The molecule has 174 valence electrons. The number of hydrogen-bond donors (Lipinski definition) is 3. The number of nitrogens with zero attached hydrogens (tertiary/aromatic N) is 5. The van der Waals surface area contributed by atoms with Gasteiger partial charge in [0.1, 0.15) is 12.4 Å². The van der Waals surface area contributed by atoms with Crippen LogP contribution in [0.25, 0.3) is 11.3 Å². The topological polar surface area (TPSA) is 144 Å². The van der Waals surface area contributed by atoms with Crippen LogP contribution in [0.4, 0.5) is 20.3 Å². The van der Waals surface area contributed by atoms with Crippen molar-refractivity contribution in [2.24, 2.45) is 11.8 Å². The van der Waals surface area contributed by atoms with Gasteiger partial charge >= 0.3 is 0 Å². The van der Waals surface area contributed by atoms with Gasteiger partial charge in [-0.25, -0.2) is 18.7 Å². The van der Waals surface area contributed by atoms with E-state index in [4.69, 9.17) is 5.11 Å². The number of nitriles is 1. The van der Waals surface area contributed by atoms with Gasteiger partial charge in [-0.1, -0.05) is 0 Å². The first-order valence-corrected chi connectivity index (χ1v) is 10.2. The number of amides is 1. The van der Waals surface area contributed by atoms with Gasteiger partial charge in [-0.05, 0) is 25.5 Å². The lowest BCUT2D eigenvalue weighted by Crippen LogP contribution is -2.38. The van der Waals surface area contributed by atoms with Gasteiger partial charge in [0.25, 0.3) is 6.43 Å². The van der Waals surface area contributed by atoms with E-state index in [1.54, 1.807) is 6.07 Å². The van der Waals surface area contributed by atoms with Crippen molar-refractivity contribution in [1.29, 1.82) is 5.26 Å². The van der Waals surface area contributed by atoms with Crippen LogP contribution >= 0.6 is 0 Å². The number of hydrogen-bond acceptors (Lipinski definition) is 9. The van der Waals surface area contributed by atoms with Crippen LogP contribution in [0.2, 0.25) is 0 Å². The van der Waals surface area contributed by atoms with E-state index in [9.17, 15) is 23.6 Å². The van der Waals surface area contributed by atoms with Gasteiger partial charge in [-0.3, -0.25) is 14.7 Å². The zero-order valence-corrected chi connectivity index (χ0v) is 17.8. The summed E-state index contributed by atoms with van der Waals surface area (Å²) in [5.41, 5.74) is 1.18. The van der Waals surface area contributed by atoms with Crippen molar-refractivity contribution in [3.63, 3.8) is 0 Å². The van der Waals surface area contributed by atoms with Crippen LogP contribution in [0, 0.1) is 23.2 Å². The molecule has 0 radical (unpaired) electrons. The number of carbonyl (C=O) groups excluding carboxylic acids is 2. The highest BCUT2D eigenvalue weighted by molar-refractivity contribution is 5.93. The Kier molecular flexibility index (Phi) is 7.92. The normalized spacial score (nSPS) is 18.0. The summed E-state index contributed by atoms with van der Waals surface area (Å²) in [6.45, 7) is -0.511. The maximum atomic E-state index is 12.6. The average Bonchev–Trinajstić information content (AvgIpc) is 3.59. The Morgan fingerprint density at radius 3 is 2.70 bits per heavy atom.